The van der Waals surface area contributed by atoms with Crippen LogP contribution < -0.4 is 5.32 Å². The van der Waals surface area contributed by atoms with Gasteiger partial charge in [-0.1, -0.05) is 27.7 Å². The fourth-order valence-electron chi connectivity index (χ4n) is 3.51. The number of aromatic nitrogens is 2. The third-order valence-corrected chi connectivity index (χ3v) is 5.23. The van der Waals surface area contributed by atoms with Crippen LogP contribution in [0.15, 0.2) is 12.4 Å². The van der Waals surface area contributed by atoms with Crippen molar-refractivity contribution in [1.82, 2.24) is 20.0 Å². The summed E-state index contributed by atoms with van der Waals surface area (Å²) in [6.07, 6.45) is 7.65. The molecule has 2 rings (SSSR count). The van der Waals surface area contributed by atoms with Crippen molar-refractivity contribution in [2.75, 3.05) is 19.6 Å². The second-order valence-corrected chi connectivity index (χ2v) is 6.92. The molecule has 1 fully saturated rings. The van der Waals surface area contributed by atoms with Gasteiger partial charge in [0.1, 0.15) is 0 Å². The van der Waals surface area contributed by atoms with Crippen LogP contribution in [-0.2, 0) is 13.5 Å². The van der Waals surface area contributed by atoms with Crippen molar-refractivity contribution < 1.29 is 0 Å². The first-order valence-corrected chi connectivity index (χ1v) is 8.46. The van der Waals surface area contributed by atoms with Gasteiger partial charge in [-0.15, -0.1) is 0 Å². The van der Waals surface area contributed by atoms with Gasteiger partial charge in [-0.25, -0.2) is 0 Å². The number of piperazine rings is 1. The lowest BCUT2D eigenvalue weighted by Crippen LogP contribution is -2.65. The molecule has 4 nitrogen and oxygen atoms in total. The monoisotopic (exact) mass is 292 g/mol. The maximum atomic E-state index is 4.28. The van der Waals surface area contributed by atoms with Crippen molar-refractivity contribution in [2.45, 2.75) is 58.5 Å². The van der Waals surface area contributed by atoms with Gasteiger partial charge in [0.05, 0.1) is 6.20 Å². The van der Waals surface area contributed by atoms with Crippen molar-refractivity contribution >= 4 is 0 Å². The van der Waals surface area contributed by atoms with E-state index in [-0.39, 0.29) is 0 Å². The largest absolute Gasteiger partial charge is 0.308 e. The predicted octanol–water partition coefficient (Wildman–Crippen LogP) is 2.45. The lowest BCUT2D eigenvalue weighted by Gasteiger charge is -2.49. The summed E-state index contributed by atoms with van der Waals surface area (Å²) >= 11 is 0. The summed E-state index contributed by atoms with van der Waals surface area (Å²) in [4.78, 5) is 2.71. The molecule has 1 N–H and O–H groups in total. The molecule has 2 heterocycles. The van der Waals surface area contributed by atoms with E-state index in [1.54, 1.807) is 0 Å². The molecule has 1 aromatic rings. The third kappa shape index (κ3) is 3.86. The van der Waals surface area contributed by atoms with Gasteiger partial charge in [0.2, 0.25) is 0 Å². The van der Waals surface area contributed by atoms with Gasteiger partial charge in [-0.2, -0.15) is 5.10 Å². The van der Waals surface area contributed by atoms with Crippen LogP contribution >= 0.6 is 0 Å². The first kappa shape index (κ1) is 16.5. The second kappa shape index (κ2) is 6.93. The van der Waals surface area contributed by atoms with Crippen LogP contribution in [-0.4, -0.2) is 45.9 Å². The van der Waals surface area contributed by atoms with Crippen LogP contribution in [0.3, 0.4) is 0 Å². The van der Waals surface area contributed by atoms with Crippen molar-refractivity contribution in [2.24, 2.45) is 13.0 Å². The van der Waals surface area contributed by atoms with Crippen molar-refractivity contribution in [1.29, 1.82) is 0 Å². The molecule has 0 aromatic carbocycles. The molecule has 1 saturated heterocycles. The van der Waals surface area contributed by atoms with E-state index in [0.29, 0.717) is 17.5 Å². The molecule has 0 amide bonds. The lowest BCUT2D eigenvalue weighted by molar-refractivity contribution is 0.0514. The van der Waals surface area contributed by atoms with Crippen molar-refractivity contribution in [3.63, 3.8) is 0 Å². The van der Waals surface area contributed by atoms with Crippen LogP contribution in [0.5, 0.6) is 0 Å². The van der Waals surface area contributed by atoms with Crippen LogP contribution in [0.2, 0.25) is 0 Å². The van der Waals surface area contributed by atoms with E-state index in [1.807, 2.05) is 17.9 Å². The van der Waals surface area contributed by atoms with E-state index in [9.17, 15) is 0 Å². The Morgan fingerprint density at radius 1 is 1.38 bits per heavy atom. The molecule has 1 aliphatic heterocycles. The summed E-state index contributed by atoms with van der Waals surface area (Å²) in [5, 5.41) is 8.12. The maximum Gasteiger partial charge on any atom is 0.0522 e. The molecule has 4 heteroatoms. The van der Waals surface area contributed by atoms with Crippen LogP contribution in [0, 0.1) is 5.92 Å². The van der Waals surface area contributed by atoms with E-state index in [2.05, 4.69) is 49.2 Å². The zero-order valence-electron chi connectivity index (χ0n) is 14.4. The van der Waals surface area contributed by atoms with Gasteiger partial charge in [-0.05, 0) is 30.7 Å². The Morgan fingerprint density at radius 3 is 2.62 bits per heavy atom. The summed E-state index contributed by atoms with van der Waals surface area (Å²) in [6.45, 7) is 12.7. The Morgan fingerprint density at radius 2 is 2.10 bits per heavy atom. The van der Waals surface area contributed by atoms with E-state index in [0.717, 1.165) is 19.5 Å². The smallest absolute Gasteiger partial charge is 0.0522 e. The summed E-state index contributed by atoms with van der Waals surface area (Å²) in [6, 6.07) is 0.646. The molecular weight excluding hydrogens is 260 g/mol. The quantitative estimate of drug-likeness (QED) is 0.874. The predicted molar refractivity (Wildman–Crippen MR) is 88.4 cm³/mol. The number of hydrogen-bond acceptors (Lipinski definition) is 3. The van der Waals surface area contributed by atoms with E-state index in [1.165, 1.54) is 24.9 Å². The number of aryl methyl sites for hydroxylation is 1. The summed E-state index contributed by atoms with van der Waals surface area (Å²) in [5.74, 6) is 0.693. The Balaban J connectivity index is 2.03. The summed E-state index contributed by atoms with van der Waals surface area (Å²) in [5.41, 5.74) is 1.65. The highest BCUT2D eigenvalue weighted by atomic mass is 15.3. The fraction of sp³-hybridized carbons (Fsp3) is 0.824. The normalized spacial score (nSPS) is 22.9. The van der Waals surface area contributed by atoms with Crippen molar-refractivity contribution in [3.05, 3.63) is 18.0 Å². The van der Waals surface area contributed by atoms with Crippen LogP contribution in [0.4, 0.5) is 0 Å². The molecule has 0 bridgehead atoms. The minimum absolute atomic E-state index is 0.306. The average molecular weight is 292 g/mol. The van der Waals surface area contributed by atoms with Gasteiger partial charge in [0, 0.05) is 44.5 Å². The summed E-state index contributed by atoms with van der Waals surface area (Å²) in [7, 11) is 1.99. The summed E-state index contributed by atoms with van der Waals surface area (Å²) < 4.78 is 1.90. The topological polar surface area (TPSA) is 33.1 Å². The standard InChI is InChI=1S/C17H32N4/c1-6-17(7-2)13-21(16(11-18-17)14(3)4)9-8-15-10-19-20(5)12-15/h10,12,14,16,18H,6-9,11,13H2,1-5H3. The minimum atomic E-state index is 0.306. The van der Waals surface area contributed by atoms with Gasteiger partial charge < -0.3 is 5.32 Å². The van der Waals surface area contributed by atoms with Gasteiger partial charge >= 0.3 is 0 Å². The third-order valence-electron chi connectivity index (χ3n) is 5.23. The van der Waals surface area contributed by atoms with E-state index >= 15 is 0 Å². The molecule has 120 valence electrons. The van der Waals surface area contributed by atoms with Gasteiger partial charge in [0.15, 0.2) is 0 Å². The SMILES string of the molecule is CCC1(CC)CN(CCc2cnn(C)c2)C(C(C)C)CN1. The van der Waals surface area contributed by atoms with Gasteiger partial charge in [0.25, 0.3) is 0 Å². The Kier molecular flexibility index (Phi) is 5.44. The zero-order valence-corrected chi connectivity index (χ0v) is 14.4. The molecule has 0 spiro atoms. The Bertz CT molecular complexity index is 434. The minimum Gasteiger partial charge on any atom is -0.308 e. The highest BCUT2D eigenvalue weighted by Crippen LogP contribution is 2.25. The molecule has 1 aromatic heterocycles. The maximum absolute atomic E-state index is 4.28. The molecule has 1 atom stereocenters. The zero-order chi connectivity index (χ0) is 15.5. The molecule has 0 aliphatic carbocycles. The number of nitrogens with one attached hydrogen (secondary N) is 1. The molecular formula is C17H32N4. The van der Waals surface area contributed by atoms with E-state index in [4.69, 9.17) is 0 Å². The molecule has 21 heavy (non-hydrogen) atoms. The number of nitrogens with zero attached hydrogens (tertiary/aromatic N) is 3. The lowest BCUT2D eigenvalue weighted by atomic mass is 9.86. The highest BCUT2D eigenvalue weighted by Gasteiger charge is 2.37. The fourth-order valence-corrected chi connectivity index (χ4v) is 3.51. The molecule has 1 aliphatic rings. The Labute approximate surface area is 129 Å². The van der Waals surface area contributed by atoms with Crippen LogP contribution in [0.1, 0.15) is 46.1 Å². The molecule has 1 unspecified atom stereocenters. The molecule has 0 radical (unpaired) electrons. The Hall–Kier alpha value is -0.870. The highest BCUT2D eigenvalue weighted by molar-refractivity contribution is 5.05. The van der Waals surface area contributed by atoms with Gasteiger partial charge in [-0.3, -0.25) is 9.58 Å². The van der Waals surface area contributed by atoms with Crippen molar-refractivity contribution in [3.8, 4) is 0 Å². The average Bonchev–Trinajstić information content (AvgIpc) is 2.90. The first-order chi connectivity index (χ1) is 9.99. The molecule has 0 saturated carbocycles. The number of rotatable bonds is 6. The van der Waals surface area contributed by atoms with E-state index < -0.39 is 0 Å². The second-order valence-electron chi connectivity index (χ2n) is 6.92. The van der Waals surface area contributed by atoms with Crippen LogP contribution in [0.25, 0.3) is 0 Å². The first-order valence-electron chi connectivity index (χ1n) is 8.46. The number of hydrogen-bond donors (Lipinski definition) is 1.